The SMILES string of the molecule is CN=C(NCC1(N(C)C)CCOCC1)N(C)Cc1ccc(OC)c(F)c1.I. The number of nitrogens with zero attached hydrogens (tertiary/aromatic N) is 3. The van der Waals surface area contributed by atoms with Gasteiger partial charge in [0.15, 0.2) is 17.5 Å². The highest BCUT2D eigenvalue weighted by molar-refractivity contribution is 14.0. The van der Waals surface area contributed by atoms with Gasteiger partial charge in [0.05, 0.1) is 7.11 Å². The van der Waals surface area contributed by atoms with E-state index in [1.54, 1.807) is 13.1 Å². The Labute approximate surface area is 179 Å². The predicted molar refractivity (Wildman–Crippen MR) is 118 cm³/mol. The second kappa shape index (κ2) is 11.0. The van der Waals surface area contributed by atoms with Crippen molar-refractivity contribution in [3.63, 3.8) is 0 Å². The van der Waals surface area contributed by atoms with Crippen molar-refractivity contribution < 1.29 is 13.9 Å². The Morgan fingerprint density at radius 1 is 1.30 bits per heavy atom. The first-order valence-electron chi connectivity index (χ1n) is 8.91. The van der Waals surface area contributed by atoms with E-state index in [4.69, 9.17) is 9.47 Å². The van der Waals surface area contributed by atoms with E-state index in [0.717, 1.165) is 44.1 Å². The molecule has 1 aliphatic heterocycles. The zero-order chi connectivity index (χ0) is 19.2. The number of hydrogen-bond donors (Lipinski definition) is 1. The minimum Gasteiger partial charge on any atom is -0.494 e. The van der Waals surface area contributed by atoms with Gasteiger partial charge in [0.1, 0.15) is 0 Å². The van der Waals surface area contributed by atoms with Crippen molar-refractivity contribution in [2.75, 3.05) is 55.1 Å². The van der Waals surface area contributed by atoms with Crippen molar-refractivity contribution in [3.05, 3.63) is 29.6 Å². The largest absolute Gasteiger partial charge is 0.494 e. The van der Waals surface area contributed by atoms with Crippen LogP contribution in [0, 0.1) is 5.82 Å². The minimum atomic E-state index is -0.352. The Kier molecular flexibility index (Phi) is 9.75. The summed E-state index contributed by atoms with van der Waals surface area (Å²) < 4.78 is 24.4. The molecule has 27 heavy (non-hydrogen) atoms. The van der Waals surface area contributed by atoms with E-state index in [2.05, 4.69) is 29.3 Å². The number of hydrogen-bond acceptors (Lipinski definition) is 4. The summed E-state index contributed by atoms with van der Waals surface area (Å²) >= 11 is 0. The Morgan fingerprint density at radius 3 is 2.48 bits per heavy atom. The van der Waals surface area contributed by atoms with Crippen molar-refractivity contribution in [1.82, 2.24) is 15.1 Å². The maximum atomic E-state index is 13.9. The molecule has 1 N–H and O–H groups in total. The molecule has 0 aliphatic carbocycles. The summed E-state index contributed by atoms with van der Waals surface area (Å²) in [6.45, 7) is 2.90. The number of methoxy groups -OCH3 is 1. The van der Waals surface area contributed by atoms with Gasteiger partial charge in [-0.2, -0.15) is 0 Å². The van der Waals surface area contributed by atoms with Gasteiger partial charge < -0.3 is 24.6 Å². The van der Waals surface area contributed by atoms with Gasteiger partial charge in [-0.05, 0) is 44.6 Å². The summed E-state index contributed by atoms with van der Waals surface area (Å²) in [7, 11) is 9.40. The standard InChI is InChI=1S/C19H31FN4O2.HI/c1-21-18(22-14-19(23(2)3)8-10-26-11-9-19)24(4)13-15-6-7-17(25-5)16(20)12-15;/h6-7,12H,8-11,13-14H2,1-5H3,(H,21,22);1H. The smallest absolute Gasteiger partial charge is 0.193 e. The molecule has 6 nitrogen and oxygen atoms in total. The van der Waals surface area contributed by atoms with Gasteiger partial charge in [0.25, 0.3) is 0 Å². The van der Waals surface area contributed by atoms with Crippen LogP contribution < -0.4 is 10.1 Å². The molecule has 2 rings (SSSR count). The van der Waals surface area contributed by atoms with Crippen molar-refractivity contribution in [1.29, 1.82) is 0 Å². The van der Waals surface area contributed by atoms with Crippen LogP contribution in [-0.4, -0.2) is 76.4 Å². The van der Waals surface area contributed by atoms with Crippen LogP contribution >= 0.6 is 24.0 Å². The maximum absolute atomic E-state index is 13.9. The fraction of sp³-hybridized carbons (Fsp3) is 0.632. The molecule has 0 bridgehead atoms. The predicted octanol–water partition coefficient (Wildman–Crippen LogP) is 2.57. The summed E-state index contributed by atoms with van der Waals surface area (Å²) in [5, 5.41) is 3.48. The molecule has 0 saturated carbocycles. The average molecular weight is 494 g/mol. The van der Waals surface area contributed by atoms with Gasteiger partial charge in [-0.15, -0.1) is 24.0 Å². The molecule has 1 aromatic rings. The molecular weight excluding hydrogens is 462 g/mol. The van der Waals surface area contributed by atoms with Crippen LogP contribution in [0.25, 0.3) is 0 Å². The number of rotatable bonds is 6. The highest BCUT2D eigenvalue weighted by atomic mass is 127. The zero-order valence-corrected chi connectivity index (χ0v) is 19.2. The van der Waals surface area contributed by atoms with Gasteiger partial charge in [-0.25, -0.2) is 4.39 Å². The molecule has 0 amide bonds. The lowest BCUT2D eigenvalue weighted by molar-refractivity contribution is -0.00522. The molecule has 1 aliphatic rings. The van der Waals surface area contributed by atoms with Crippen LogP contribution in [0.3, 0.4) is 0 Å². The van der Waals surface area contributed by atoms with Crippen molar-refractivity contribution in [2.24, 2.45) is 4.99 Å². The molecule has 0 spiro atoms. The van der Waals surface area contributed by atoms with Crippen LogP contribution in [0.2, 0.25) is 0 Å². The summed E-state index contributed by atoms with van der Waals surface area (Å²) in [6.07, 6.45) is 1.97. The van der Waals surface area contributed by atoms with Crippen LogP contribution in [-0.2, 0) is 11.3 Å². The monoisotopic (exact) mass is 494 g/mol. The van der Waals surface area contributed by atoms with Gasteiger partial charge in [-0.1, -0.05) is 6.07 Å². The number of ether oxygens (including phenoxy) is 2. The van der Waals surface area contributed by atoms with E-state index >= 15 is 0 Å². The summed E-state index contributed by atoms with van der Waals surface area (Å²) in [5.41, 5.74) is 0.920. The summed E-state index contributed by atoms with van der Waals surface area (Å²) in [6, 6.07) is 5.02. The fourth-order valence-electron chi connectivity index (χ4n) is 3.32. The summed E-state index contributed by atoms with van der Waals surface area (Å²) in [4.78, 5) is 8.64. The van der Waals surface area contributed by atoms with E-state index in [1.165, 1.54) is 13.2 Å². The maximum Gasteiger partial charge on any atom is 0.193 e. The third-order valence-electron chi connectivity index (χ3n) is 5.16. The number of halogens is 2. The highest BCUT2D eigenvalue weighted by Gasteiger charge is 2.35. The lowest BCUT2D eigenvalue weighted by Gasteiger charge is -2.43. The van der Waals surface area contributed by atoms with Gasteiger partial charge in [0.2, 0.25) is 0 Å². The van der Waals surface area contributed by atoms with Gasteiger partial charge in [-0.3, -0.25) is 4.99 Å². The van der Waals surface area contributed by atoms with Gasteiger partial charge >= 0.3 is 0 Å². The Balaban J connectivity index is 0.00000364. The number of nitrogens with one attached hydrogen (secondary N) is 1. The molecule has 1 aromatic carbocycles. The lowest BCUT2D eigenvalue weighted by atomic mass is 9.88. The van der Waals surface area contributed by atoms with Crippen molar-refractivity contribution in [2.45, 2.75) is 24.9 Å². The highest BCUT2D eigenvalue weighted by Crippen LogP contribution is 2.25. The van der Waals surface area contributed by atoms with Crippen molar-refractivity contribution >= 4 is 29.9 Å². The molecule has 1 saturated heterocycles. The number of aliphatic imine (C=N–C) groups is 1. The van der Waals surface area contributed by atoms with Crippen LogP contribution in [0.5, 0.6) is 5.75 Å². The first-order chi connectivity index (χ1) is 12.4. The van der Waals surface area contributed by atoms with E-state index in [0.29, 0.717) is 6.54 Å². The van der Waals surface area contributed by atoms with E-state index in [-0.39, 0.29) is 41.1 Å². The number of benzene rings is 1. The third kappa shape index (κ3) is 6.18. The van der Waals surface area contributed by atoms with Crippen LogP contribution in [0.15, 0.2) is 23.2 Å². The van der Waals surface area contributed by atoms with E-state index < -0.39 is 0 Å². The second-order valence-electron chi connectivity index (χ2n) is 6.96. The third-order valence-corrected chi connectivity index (χ3v) is 5.16. The Hall–Kier alpha value is -1.13. The Bertz CT molecular complexity index is 622. The summed E-state index contributed by atoms with van der Waals surface area (Å²) in [5.74, 6) is 0.690. The number of likely N-dealkylation sites (N-methyl/N-ethyl adjacent to an activating group) is 1. The minimum absolute atomic E-state index is 0. The average Bonchev–Trinajstić information content (AvgIpc) is 2.63. The molecule has 8 heteroatoms. The van der Waals surface area contributed by atoms with Gasteiger partial charge in [0, 0.05) is 45.9 Å². The topological polar surface area (TPSA) is 49.3 Å². The molecular formula is C19H32FIN4O2. The first kappa shape index (κ1) is 23.9. The molecule has 1 fully saturated rings. The molecule has 0 atom stereocenters. The van der Waals surface area contributed by atoms with Crippen LogP contribution in [0.4, 0.5) is 4.39 Å². The lowest BCUT2D eigenvalue weighted by Crippen LogP contribution is -2.57. The second-order valence-corrected chi connectivity index (χ2v) is 6.96. The molecule has 154 valence electrons. The van der Waals surface area contributed by atoms with Crippen molar-refractivity contribution in [3.8, 4) is 5.75 Å². The van der Waals surface area contributed by atoms with E-state index in [1.807, 2.05) is 18.0 Å². The molecule has 0 aromatic heterocycles. The quantitative estimate of drug-likeness (QED) is 0.375. The normalized spacial score (nSPS) is 16.6. The zero-order valence-electron chi connectivity index (χ0n) is 16.9. The molecule has 1 heterocycles. The molecule has 0 radical (unpaired) electrons. The first-order valence-corrected chi connectivity index (χ1v) is 8.91. The Morgan fingerprint density at radius 2 is 1.96 bits per heavy atom. The molecule has 0 unspecified atom stereocenters. The van der Waals surface area contributed by atoms with E-state index in [9.17, 15) is 4.39 Å². The number of guanidine groups is 1. The van der Waals surface area contributed by atoms with Crippen LogP contribution in [0.1, 0.15) is 18.4 Å². The fourth-order valence-corrected chi connectivity index (χ4v) is 3.32.